The van der Waals surface area contributed by atoms with E-state index in [0.717, 1.165) is 61.6 Å². The maximum atomic E-state index is 5.73. The van der Waals surface area contributed by atoms with Crippen molar-refractivity contribution >= 4 is 17.7 Å². The molecule has 1 aliphatic carbocycles. The number of para-hydroxylation sites is 1. The minimum absolute atomic E-state index is 0.581. The van der Waals surface area contributed by atoms with Crippen LogP contribution in [0.3, 0.4) is 0 Å². The summed E-state index contributed by atoms with van der Waals surface area (Å²) in [4.78, 5) is 4.67. The third kappa shape index (κ3) is 7.45. The molecule has 2 N–H and O–H groups in total. The van der Waals surface area contributed by atoms with Crippen LogP contribution in [-0.2, 0) is 6.42 Å². The van der Waals surface area contributed by atoms with Gasteiger partial charge >= 0.3 is 0 Å². The number of ether oxygens (including phenoxy) is 1. The van der Waals surface area contributed by atoms with E-state index in [1.165, 1.54) is 25.7 Å². The standard InChI is InChI=1S/C23H36N6OS/c1-3-24-22(26-17-10-18-30-20-13-5-4-6-14-20)25-16-9-15-21-27-28-23(31-2)29(21)19-11-7-8-12-19/h4-6,13-14,19H,3,7-12,15-18H2,1-2H3,(H2,24,25,26). The molecule has 1 aromatic heterocycles. The van der Waals surface area contributed by atoms with Gasteiger partial charge in [-0.1, -0.05) is 42.8 Å². The second-order valence-corrected chi connectivity index (χ2v) is 8.49. The first kappa shape index (κ1) is 23.4. The third-order valence-electron chi connectivity index (χ3n) is 5.41. The summed E-state index contributed by atoms with van der Waals surface area (Å²) in [7, 11) is 0. The van der Waals surface area contributed by atoms with Crippen molar-refractivity contribution in [3.63, 3.8) is 0 Å². The molecule has 8 heteroatoms. The third-order valence-corrected chi connectivity index (χ3v) is 6.05. The second-order valence-electron chi connectivity index (χ2n) is 7.72. The molecular formula is C23H36N6OS. The molecule has 7 nitrogen and oxygen atoms in total. The molecule has 1 aromatic carbocycles. The van der Waals surface area contributed by atoms with Crippen molar-refractivity contribution in [2.45, 2.75) is 63.1 Å². The van der Waals surface area contributed by atoms with Crippen LogP contribution < -0.4 is 15.4 Å². The Kier molecular flexibility index (Phi) is 10.0. The van der Waals surface area contributed by atoms with Crippen LogP contribution >= 0.6 is 11.8 Å². The number of aryl methyl sites for hydroxylation is 1. The summed E-state index contributed by atoms with van der Waals surface area (Å²) >= 11 is 1.70. The van der Waals surface area contributed by atoms with Crippen LogP contribution in [0.25, 0.3) is 0 Å². The maximum absolute atomic E-state index is 5.73. The molecular weight excluding hydrogens is 408 g/mol. The lowest BCUT2D eigenvalue weighted by molar-refractivity contribution is 0.313. The van der Waals surface area contributed by atoms with Crippen LogP contribution in [0.5, 0.6) is 5.75 Å². The van der Waals surface area contributed by atoms with Crippen molar-refractivity contribution < 1.29 is 4.74 Å². The maximum Gasteiger partial charge on any atom is 0.191 e. The van der Waals surface area contributed by atoms with Crippen LogP contribution in [0.2, 0.25) is 0 Å². The van der Waals surface area contributed by atoms with E-state index in [1.54, 1.807) is 11.8 Å². The Labute approximate surface area is 190 Å². The smallest absolute Gasteiger partial charge is 0.191 e. The lowest BCUT2D eigenvalue weighted by atomic mass is 10.2. The Morgan fingerprint density at radius 3 is 2.71 bits per heavy atom. The van der Waals surface area contributed by atoms with E-state index in [9.17, 15) is 0 Å². The van der Waals surface area contributed by atoms with Crippen molar-refractivity contribution in [3.05, 3.63) is 36.2 Å². The number of guanidine groups is 1. The summed E-state index contributed by atoms with van der Waals surface area (Å²) in [5.74, 6) is 2.90. The first-order valence-corrected chi connectivity index (χ1v) is 12.7. The molecule has 170 valence electrons. The second kappa shape index (κ2) is 13.2. The summed E-state index contributed by atoms with van der Waals surface area (Å²) in [5, 5.41) is 16.7. The van der Waals surface area contributed by atoms with Crippen LogP contribution in [0.4, 0.5) is 0 Å². The molecule has 1 fully saturated rings. The van der Waals surface area contributed by atoms with Crippen LogP contribution in [0.1, 0.15) is 57.3 Å². The van der Waals surface area contributed by atoms with E-state index >= 15 is 0 Å². The molecule has 0 amide bonds. The first-order valence-electron chi connectivity index (χ1n) is 11.5. The zero-order chi connectivity index (χ0) is 21.7. The molecule has 1 saturated carbocycles. The Morgan fingerprint density at radius 1 is 1.16 bits per heavy atom. The van der Waals surface area contributed by atoms with Crippen LogP contribution in [0, 0.1) is 0 Å². The lowest BCUT2D eigenvalue weighted by Gasteiger charge is -2.16. The minimum atomic E-state index is 0.581. The zero-order valence-electron chi connectivity index (χ0n) is 18.8. The highest BCUT2D eigenvalue weighted by Crippen LogP contribution is 2.33. The number of nitrogens with zero attached hydrogens (tertiary/aromatic N) is 4. The number of rotatable bonds is 12. The number of hydrogen-bond donors (Lipinski definition) is 2. The summed E-state index contributed by atoms with van der Waals surface area (Å²) in [6, 6.07) is 10.5. The molecule has 0 atom stereocenters. The van der Waals surface area contributed by atoms with Crippen molar-refractivity contribution in [2.75, 3.05) is 32.5 Å². The Balaban J connectivity index is 1.40. The summed E-state index contributed by atoms with van der Waals surface area (Å²) in [5.41, 5.74) is 0. The molecule has 0 bridgehead atoms. The van der Waals surface area contributed by atoms with Gasteiger partial charge in [0, 0.05) is 38.5 Å². The Bertz CT molecular complexity index is 789. The summed E-state index contributed by atoms with van der Waals surface area (Å²) < 4.78 is 8.13. The largest absolute Gasteiger partial charge is 0.494 e. The fourth-order valence-electron chi connectivity index (χ4n) is 3.90. The van der Waals surface area contributed by atoms with Gasteiger partial charge in [0.25, 0.3) is 0 Å². The number of hydrogen-bond acceptors (Lipinski definition) is 5. The van der Waals surface area contributed by atoms with E-state index in [2.05, 4.69) is 43.6 Å². The average molecular weight is 445 g/mol. The van der Waals surface area contributed by atoms with Crippen molar-refractivity contribution in [2.24, 2.45) is 4.99 Å². The highest BCUT2D eigenvalue weighted by molar-refractivity contribution is 7.98. The van der Waals surface area contributed by atoms with Gasteiger partial charge < -0.3 is 19.9 Å². The van der Waals surface area contributed by atoms with E-state index in [4.69, 9.17) is 4.74 Å². The quantitative estimate of drug-likeness (QED) is 0.222. The van der Waals surface area contributed by atoms with E-state index in [1.807, 2.05) is 30.3 Å². The van der Waals surface area contributed by atoms with E-state index in [-0.39, 0.29) is 0 Å². The molecule has 0 saturated heterocycles. The van der Waals surface area contributed by atoms with Gasteiger partial charge in [-0.05, 0) is 44.6 Å². The molecule has 0 aliphatic heterocycles. The van der Waals surface area contributed by atoms with Gasteiger partial charge in [-0.2, -0.15) is 0 Å². The molecule has 31 heavy (non-hydrogen) atoms. The van der Waals surface area contributed by atoms with Crippen molar-refractivity contribution in [1.29, 1.82) is 0 Å². The van der Waals surface area contributed by atoms with E-state index in [0.29, 0.717) is 12.6 Å². The number of aliphatic imine (C=N–C) groups is 1. The van der Waals surface area contributed by atoms with Gasteiger partial charge in [-0.3, -0.25) is 4.99 Å². The fraction of sp³-hybridized carbons (Fsp3) is 0.609. The predicted octanol–water partition coefficient (Wildman–Crippen LogP) is 4.07. The zero-order valence-corrected chi connectivity index (χ0v) is 19.7. The van der Waals surface area contributed by atoms with Gasteiger partial charge in [-0.15, -0.1) is 10.2 Å². The monoisotopic (exact) mass is 444 g/mol. The number of aromatic nitrogens is 3. The minimum Gasteiger partial charge on any atom is -0.494 e. The molecule has 3 rings (SSSR count). The molecule has 1 aliphatic rings. The summed E-state index contributed by atoms with van der Waals surface area (Å²) in [6.07, 6.45) is 10.0. The van der Waals surface area contributed by atoms with Gasteiger partial charge in [0.2, 0.25) is 0 Å². The molecule has 0 unspecified atom stereocenters. The normalized spacial score (nSPS) is 14.7. The molecule has 1 heterocycles. The van der Waals surface area contributed by atoms with Gasteiger partial charge in [-0.25, -0.2) is 0 Å². The predicted molar refractivity (Wildman–Crippen MR) is 128 cm³/mol. The van der Waals surface area contributed by atoms with Crippen molar-refractivity contribution in [1.82, 2.24) is 25.4 Å². The fourth-order valence-corrected chi connectivity index (χ4v) is 4.48. The van der Waals surface area contributed by atoms with Gasteiger partial charge in [0.15, 0.2) is 11.1 Å². The Morgan fingerprint density at radius 2 is 1.97 bits per heavy atom. The number of nitrogens with one attached hydrogen (secondary N) is 2. The van der Waals surface area contributed by atoms with E-state index < -0.39 is 0 Å². The highest BCUT2D eigenvalue weighted by Gasteiger charge is 2.23. The highest BCUT2D eigenvalue weighted by atomic mass is 32.2. The van der Waals surface area contributed by atoms with Gasteiger partial charge in [0.05, 0.1) is 6.61 Å². The summed E-state index contributed by atoms with van der Waals surface area (Å²) in [6.45, 7) is 5.19. The molecule has 2 aromatic rings. The SMILES string of the molecule is CCNC(=NCCCOc1ccccc1)NCCCc1nnc(SC)n1C1CCCC1. The van der Waals surface area contributed by atoms with Crippen LogP contribution in [0.15, 0.2) is 40.5 Å². The topological polar surface area (TPSA) is 76.4 Å². The van der Waals surface area contributed by atoms with Gasteiger partial charge in [0.1, 0.15) is 11.6 Å². The Hall–Kier alpha value is -2.22. The number of benzene rings is 1. The van der Waals surface area contributed by atoms with Crippen molar-refractivity contribution in [3.8, 4) is 5.75 Å². The molecule has 0 radical (unpaired) electrons. The lowest BCUT2D eigenvalue weighted by Crippen LogP contribution is -2.38. The number of thioether (sulfide) groups is 1. The average Bonchev–Trinajstić information content (AvgIpc) is 3.46. The molecule has 0 spiro atoms. The van der Waals surface area contributed by atoms with Crippen LogP contribution in [-0.4, -0.2) is 53.2 Å². The first-order chi connectivity index (χ1) is 15.3.